The Kier molecular flexibility index (Phi) is 7.42. The fourth-order valence-corrected chi connectivity index (χ4v) is 3.15. The van der Waals surface area contributed by atoms with E-state index in [4.69, 9.17) is 5.73 Å². The van der Waals surface area contributed by atoms with Gasteiger partial charge in [0.15, 0.2) is 0 Å². The van der Waals surface area contributed by atoms with E-state index in [0.717, 1.165) is 24.3 Å². The Morgan fingerprint density at radius 1 is 1.15 bits per heavy atom. The van der Waals surface area contributed by atoms with E-state index in [-0.39, 0.29) is 11.4 Å². The quantitative estimate of drug-likeness (QED) is 0.585. The maximum absolute atomic E-state index is 12.1. The molecule has 7 nitrogen and oxygen atoms in total. The first-order chi connectivity index (χ1) is 12.0. The van der Waals surface area contributed by atoms with Gasteiger partial charge in [0.1, 0.15) is 5.75 Å². The van der Waals surface area contributed by atoms with Gasteiger partial charge < -0.3 is 15.8 Å². The van der Waals surface area contributed by atoms with E-state index in [1.807, 2.05) is 13.8 Å². The first kappa shape index (κ1) is 22.2. The molecule has 0 saturated carbocycles. The summed E-state index contributed by atoms with van der Waals surface area (Å²) in [7, 11) is -4.07. The molecule has 0 radical (unpaired) electrons. The zero-order valence-electron chi connectivity index (χ0n) is 14.4. The van der Waals surface area contributed by atoms with Gasteiger partial charge >= 0.3 is 6.36 Å². The molecule has 0 aromatic heterocycles. The number of hydrogen-bond acceptors (Lipinski definition) is 5. The number of sulfonamides is 1. The van der Waals surface area contributed by atoms with Crippen molar-refractivity contribution in [3.63, 3.8) is 0 Å². The van der Waals surface area contributed by atoms with Crippen LogP contribution in [0.25, 0.3) is 0 Å². The summed E-state index contributed by atoms with van der Waals surface area (Å²) in [5.74, 6) is -1.10. The highest BCUT2D eigenvalue weighted by Gasteiger charge is 2.31. The van der Waals surface area contributed by atoms with Crippen molar-refractivity contribution in [2.24, 2.45) is 5.73 Å². The Hall–Kier alpha value is -1.85. The van der Waals surface area contributed by atoms with Gasteiger partial charge in [0, 0.05) is 6.54 Å². The van der Waals surface area contributed by atoms with Crippen molar-refractivity contribution in [1.82, 2.24) is 10.0 Å². The predicted molar refractivity (Wildman–Crippen MR) is 88.8 cm³/mol. The van der Waals surface area contributed by atoms with Crippen LogP contribution in [0.4, 0.5) is 13.2 Å². The Morgan fingerprint density at radius 3 is 2.12 bits per heavy atom. The summed E-state index contributed by atoms with van der Waals surface area (Å²) < 4.78 is 66.3. The number of nitrogens with one attached hydrogen (secondary N) is 2. The topological polar surface area (TPSA) is 111 Å². The monoisotopic (exact) mass is 397 g/mol. The van der Waals surface area contributed by atoms with Crippen molar-refractivity contribution in [2.45, 2.75) is 43.5 Å². The minimum Gasteiger partial charge on any atom is -0.406 e. The molecule has 0 aliphatic rings. The summed E-state index contributed by atoms with van der Waals surface area (Å²) in [4.78, 5) is 11.7. The molecular weight excluding hydrogens is 375 g/mol. The van der Waals surface area contributed by atoms with Gasteiger partial charge in [-0.2, -0.15) is 0 Å². The second-order valence-electron chi connectivity index (χ2n) is 5.58. The van der Waals surface area contributed by atoms with Gasteiger partial charge in [0.25, 0.3) is 0 Å². The summed E-state index contributed by atoms with van der Waals surface area (Å²) in [5.41, 5.74) is 5.05. The number of hydrogen-bond donors (Lipinski definition) is 3. The number of alkyl halides is 3. The highest BCUT2D eigenvalue weighted by Crippen LogP contribution is 2.23. The molecule has 0 aliphatic carbocycles. The number of halogens is 3. The second kappa shape index (κ2) is 8.69. The van der Waals surface area contributed by atoms with Crippen molar-refractivity contribution in [3.8, 4) is 5.75 Å². The Morgan fingerprint density at radius 2 is 1.69 bits per heavy atom. The molecule has 1 aromatic carbocycles. The lowest BCUT2D eigenvalue weighted by Crippen LogP contribution is -2.55. The molecule has 0 heterocycles. The van der Waals surface area contributed by atoms with E-state index in [1.54, 1.807) is 0 Å². The lowest BCUT2D eigenvalue weighted by Gasteiger charge is -2.31. The van der Waals surface area contributed by atoms with Gasteiger partial charge in [0.2, 0.25) is 15.9 Å². The molecule has 11 heteroatoms. The lowest BCUT2D eigenvalue weighted by molar-refractivity contribution is -0.274. The van der Waals surface area contributed by atoms with Crippen LogP contribution in [0.3, 0.4) is 0 Å². The molecule has 1 amide bonds. The number of carbonyl (C=O) groups excluding carboxylic acids is 1. The van der Waals surface area contributed by atoms with Crippen LogP contribution in [0, 0.1) is 0 Å². The van der Waals surface area contributed by atoms with Gasteiger partial charge in [-0.15, -0.1) is 13.2 Å². The van der Waals surface area contributed by atoms with Gasteiger partial charge in [-0.05, 0) is 37.1 Å². The highest BCUT2D eigenvalue weighted by atomic mass is 32.2. The number of ether oxygens (including phenoxy) is 1. The first-order valence-electron chi connectivity index (χ1n) is 7.83. The molecule has 26 heavy (non-hydrogen) atoms. The molecule has 4 N–H and O–H groups in total. The largest absolute Gasteiger partial charge is 0.573 e. The van der Waals surface area contributed by atoms with E-state index in [9.17, 15) is 26.4 Å². The fourth-order valence-electron chi connectivity index (χ4n) is 2.17. The molecule has 0 unspecified atom stereocenters. The van der Waals surface area contributed by atoms with Gasteiger partial charge in [-0.3, -0.25) is 4.79 Å². The zero-order chi connectivity index (χ0) is 20.0. The van der Waals surface area contributed by atoms with E-state index < -0.39 is 40.1 Å². The molecule has 1 rings (SSSR count). The summed E-state index contributed by atoms with van der Waals surface area (Å²) in [6.45, 7) is 3.39. The highest BCUT2D eigenvalue weighted by molar-refractivity contribution is 7.89. The van der Waals surface area contributed by atoms with Gasteiger partial charge in [-0.25, -0.2) is 13.1 Å². The lowest BCUT2D eigenvalue weighted by atomic mass is 9.93. The van der Waals surface area contributed by atoms with Crippen LogP contribution in [-0.2, 0) is 14.8 Å². The minimum atomic E-state index is -4.87. The van der Waals surface area contributed by atoms with Crippen LogP contribution in [0.15, 0.2) is 29.2 Å². The van der Waals surface area contributed by atoms with Crippen LogP contribution >= 0.6 is 0 Å². The van der Waals surface area contributed by atoms with Crippen molar-refractivity contribution in [1.29, 1.82) is 0 Å². The maximum atomic E-state index is 12.1. The zero-order valence-corrected chi connectivity index (χ0v) is 15.2. The molecular formula is C15H22F3N3O4S. The number of amides is 1. The molecule has 0 aliphatic heterocycles. The number of nitrogens with two attached hydrogens (primary N) is 1. The third-order valence-electron chi connectivity index (χ3n) is 3.94. The smallest absolute Gasteiger partial charge is 0.406 e. The van der Waals surface area contributed by atoms with Crippen LogP contribution in [0.5, 0.6) is 5.75 Å². The van der Waals surface area contributed by atoms with Crippen LogP contribution in [0.2, 0.25) is 0 Å². The number of benzene rings is 1. The minimum absolute atomic E-state index is 0.207. The van der Waals surface area contributed by atoms with E-state index in [2.05, 4.69) is 14.8 Å². The second-order valence-corrected chi connectivity index (χ2v) is 7.35. The SMILES string of the molecule is CCC(CC)(CN)NC(=O)CNS(=O)(=O)c1ccc(OC(F)(F)F)cc1. The molecule has 0 spiro atoms. The van der Waals surface area contributed by atoms with Crippen molar-refractivity contribution >= 4 is 15.9 Å². The summed E-state index contributed by atoms with van der Waals surface area (Å²) in [5, 5.41) is 2.70. The Labute approximate surface area is 150 Å². The van der Waals surface area contributed by atoms with Crippen molar-refractivity contribution < 1.29 is 31.1 Å². The van der Waals surface area contributed by atoms with Gasteiger partial charge in [-0.1, -0.05) is 13.8 Å². The molecule has 0 saturated heterocycles. The predicted octanol–water partition coefficient (Wildman–Crippen LogP) is 1.50. The Bertz CT molecular complexity index is 694. The number of rotatable bonds is 9. The van der Waals surface area contributed by atoms with Crippen molar-refractivity contribution in [2.75, 3.05) is 13.1 Å². The summed E-state index contributed by atoms with van der Waals surface area (Å²) >= 11 is 0. The fraction of sp³-hybridized carbons (Fsp3) is 0.533. The third-order valence-corrected chi connectivity index (χ3v) is 5.36. The van der Waals surface area contributed by atoms with E-state index >= 15 is 0 Å². The number of carbonyl (C=O) groups is 1. The molecule has 0 bridgehead atoms. The standard InChI is InChI=1S/C15H22F3N3O4S/c1-3-14(4-2,10-19)21-13(22)9-20-26(23,24)12-7-5-11(6-8-12)25-15(16,17)18/h5-8,20H,3-4,9-10,19H2,1-2H3,(H,21,22). The van der Waals surface area contributed by atoms with E-state index in [0.29, 0.717) is 12.8 Å². The maximum Gasteiger partial charge on any atom is 0.573 e. The Balaban J connectivity index is 2.73. The van der Waals surface area contributed by atoms with Crippen LogP contribution < -0.4 is 20.5 Å². The molecule has 1 aromatic rings. The molecule has 0 atom stereocenters. The van der Waals surface area contributed by atoms with Crippen molar-refractivity contribution in [3.05, 3.63) is 24.3 Å². The van der Waals surface area contributed by atoms with Crippen LogP contribution in [-0.4, -0.2) is 39.3 Å². The van der Waals surface area contributed by atoms with Gasteiger partial charge in [0.05, 0.1) is 17.0 Å². The van der Waals surface area contributed by atoms with Crippen LogP contribution in [0.1, 0.15) is 26.7 Å². The third kappa shape index (κ3) is 6.46. The molecule has 0 fully saturated rings. The average Bonchev–Trinajstić information content (AvgIpc) is 2.57. The average molecular weight is 397 g/mol. The first-order valence-corrected chi connectivity index (χ1v) is 9.32. The molecule has 148 valence electrons. The summed E-state index contributed by atoms with van der Waals surface area (Å²) in [6, 6.07) is 3.64. The normalized spacial score (nSPS) is 12.7. The van der Waals surface area contributed by atoms with E-state index in [1.165, 1.54) is 0 Å². The summed E-state index contributed by atoms with van der Waals surface area (Å²) in [6.07, 6.45) is -3.71.